The Labute approximate surface area is 108 Å². The molecule has 1 aromatic rings. The van der Waals surface area contributed by atoms with Gasteiger partial charge in [0.15, 0.2) is 9.84 Å². The molecule has 0 N–H and O–H groups in total. The number of sulfone groups is 1. The van der Waals surface area contributed by atoms with Crippen LogP contribution in [0, 0.1) is 0 Å². The molecule has 0 amide bonds. The number of carbonyl (C=O) groups excluding carboxylic acids is 1. The fraction of sp³-hybridized carbons (Fsp3) is 0.500. The molecule has 1 fully saturated rings. The van der Waals surface area contributed by atoms with Crippen LogP contribution in [0.1, 0.15) is 42.6 Å². The summed E-state index contributed by atoms with van der Waals surface area (Å²) in [5, 5.41) is -0.329. The molecule has 18 heavy (non-hydrogen) atoms. The maximum Gasteiger partial charge on any atom is 0.153 e. The Kier molecular flexibility index (Phi) is 3.32. The molecule has 1 aliphatic rings. The van der Waals surface area contributed by atoms with Crippen molar-refractivity contribution in [2.75, 3.05) is 5.75 Å². The number of hydrogen-bond donors (Lipinski definition) is 0. The molecular weight excluding hydrogens is 248 g/mol. The van der Waals surface area contributed by atoms with Crippen molar-refractivity contribution in [2.45, 2.75) is 37.4 Å². The summed E-state index contributed by atoms with van der Waals surface area (Å²) in [6.45, 7) is 3.45. The Morgan fingerprint density at radius 2 is 1.78 bits per heavy atom. The van der Waals surface area contributed by atoms with Crippen LogP contribution >= 0.6 is 0 Å². The maximum atomic E-state index is 12.0. The fourth-order valence-corrected chi connectivity index (χ4v) is 3.69. The third kappa shape index (κ3) is 2.48. The van der Waals surface area contributed by atoms with Gasteiger partial charge in [0.25, 0.3) is 0 Å². The molecule has 1 aromatic carbocycles. The van der Waals surface area contributed by atoms with Crippen molar-refractivity contribution in [1.29, 1.82) is 0 Å². The Bertz CT molecular complexity index is 537. The van der Waals surface area contributed by atoms with Crippen molar-refractivity contribution < 1.29 is 13.2 Å². The van der Waals surface area contributed by atoms with E-state index in [0.29, 0.717) is 5.56 Å². The van der Waals surface area contributed by atoms with Crippen LogP contribution in [0.2, 0.25) is 0 Å². The highest BCUT2D eigenvalue weighted by Crippen LogP contribution is 2.49. The van der Waals surface area contributed by atoms with Crippen molar-refractivity contribution in [3.63, 3.8) is 0 Å². The lowest BCUT2D eigenvalue weighted by Crippen LogP contribution is -2.26. The second kappa shape index (κ2) is 4.50. The quantitative estimate of drug-likeness (QED) is 0.769. The first kappa shape index (κ1) is 13.3. The number of hydrogen-bond acceptors (Lipinski definition) is 3. The highest BCUT2D eigenvalue weighted by molar-refractivity contribution is 7.92. The predicted molar refractivity (Wildman–Crippen MR) is 71.7 cm³/mol. The Hall–Kier alpha value is -1.16. The molecule has 98 valence electrons. The van der Waals surface area contributed by atoms with E-state index in [1.807, 2.05) is 12.1 Å². The molecule has 0 atom stereocenters. The first-order chi connectivity index (χ1) is 8.39. The van der Waals surface area contributed by atoms with Gasteiger partial charge in [0.05, 0.1) is 11.0 Å². The van der Waals surface area contributed by atoms with Gasteiger partial charge in [-0.3, -0.25) is 4.79 Å². The van der Waals surface area contributed by atoms with Gasteiger partial charge in [-0.2, -0.15) is 0 Å². The summed E-state index contributed by atoms with van der Waals surface area (Å²) in [5.74, 6) is 0.220. The van der Waals surface area contributed by atoms with Crippen LogP contribution in [0.25, 0.3) is 0 Å². The van der Waals surface area contributed by atoms with Gasteiger partial charge in [0.1, 0.15) is 6.29 Å². The van der Waals surface area contributed by atoms with Crippen molar-refractivity contribution in [3.05, 3.63) is 35.4 Å². The van der Waals surface area contributed by atoms with E-state index in [0.717, 1.165) is 24.7 Å². The van der Waals surface area contributed by atoms with Crippen molar-refractivity contribution in [2.24, 2.45) is 0 Å². The molecule has 0 unspecified atom stereocenters. The van der Waals surface area contributed by atoms with Gasteiger partial charge in [0.2, 0.25) is 0 Å². The molecule has 1 saturated carbocycles. The summed E-state index contributed by atoms with van der Waals surface area (Å²) in [5.41, 5.74) is 1.46. The molecule has 0 heterocycles. The largest absolute Gasteiger partial charge is 0.298 e. The first-order valence-electron chi connectivity index (χ1n) is 6.17. The molecule has 2 rings (SSSR count). The standard InChI is InChI=1S/C14H18O3S/c1-11(2)18(16,17)10-14(7-8-14)13-5-3-12(9-15)4-6-13/h3-6,9,11H,7-8,10H2,1-2H3. The monoisotopic (exact) mass is 266 g/mol. The van der Waals surface area contributed by atoms with Crippen molar-refractivity contribution in [1.82, 2.24) is 0 Å². The van der Waals surface area contributed by atoms with Crippen LogP contribution in [-0.2, 0) is 15.3 Å². The lowest BCUT2D eigenvalue weighted by molar-refractivity contribution is 0.112. The van der Waals surface area contributed by atoms with Crippen molar-refractivity contribution >= 4 is 16.1 Å². The lowest BCUT2D eigenvalue weighted by Gasteiger charge is -2.17. The van der Waals surface area contributed by atoms with E-state index in [2.05, 4.69) is 0 Å². The van der Waals surface area contributed by atoms with Gasteiger partial charge < -0.3 is 0 Å². The van der Waals surface area contributed by atoms with Gasteiger partial charge >= 0.3 is 0 Å². The number of rotatable bonds is 5. The van der Waals surface area contributed by atoms with Crippen LogP contribution in [0.15, 0.2) is 24.3 Å². The number of benzene rings is 1. The van der Waals surface area contributed by atoms with E-state index < -0.39 is 9.84 Å². The van der Waals surface area contributed by atoms with Gasteiger partial charge in [0, 0.05) is 11.0 Å². The molecule has 0 bridgehead atoms. The second-order valence-electron chi connectivity index (χ2n) is 5.38. The Morgan fingerprint density at radius 3 is 2.17 bits per heavy atom. The third-order valence-electron chi connectivity index (χ3n) is 3.71. The molecule has 1 aliphatic carbocycles. The number of carbonyl (C=O) groups is 1. The molecular formula is C14H18O3S. The van der Waals surface area contributed by atoms with Gasteiger partial charge in [-0.05, 0) is 32.3 Å². The summed E-state index contributed by atoms with van der Waals surface area (Å²) in [6.07, 6.45) is 2.63. The van der Waals surface area contributed by atoms with Crippen LogP contribution in [0.5, 0.6) is 0 Å². The first-order valence-corrected chi connectivity index (χ1v) is 7.88. The van der Waals surface area contributed by atoms with E-state index in [1.54, 1.807) is 26.0 Å². The van der Waals surface area contributed by atoms with E-state index >= 15 is 0 Å². The predicted octanol–water partition coefficient (Wildman–Crippen LogP) is 2.35. The molecule has 0 radical (unpaired) electrons. The van der Waals surface area contributed by atoms with E-state index in [9.17, 15) is 13.2 Å². The molecule has 4 heteroatoms. The lowest BCUT2D eigenvalue weighted by atomic mass is 9.97. The zero-order valence-electron chi connectivity index (χ0n) is 10.7. The number of aldehydes is 1. The zero-order chi connectivity index (χ0) is 13.4. The summed E-state index contributed by atoms with van der Waals surface area (Å²) in [4.78, 5) is 10.6. The summed E-state index contributed by atoms with van der Waals surface area (Å²) < 4.78 is 24.1. The van der Waals surface area contributed by atoms with Crippen LogP contribution in [-0.4, -0.2) is 25.7 Å². The van der Waals surface area contributed by atoms with Crippen LogP contribution in [0.3, 0.4) is 0 Å². The molecule has 0 aromatic heterocycles. The smallest absolute Gasteiger partial charge is 0.153 e. The Balaban J connectivity index is 2.24. The average molecular weight is 266 g/mol. The molecule has 0 aliphatic heterocycles. The zero-order valence-corrected chi connectivity index (χ0v) is 11.5. The maximum absolute atomic E-state index is 12.0. The summed E-state index contributed by atoms with van der Waals surface area (Å²) in [7, 11) is -3.03. The minimum Gasteiger partial charge on any atom is -0.298 e. The fourth-order valence-electron chi connectivity index (χ4n) is 2.13. The van der Waals surface area contributed by atoms with Gasteiger partial charge in [-0.1, -0.05) is 24.3 Å². The molecule has 3 nitrogen and oxygen atoms in total. The molecule has 0 saturated heterocycles. The average Bonchev–Trinajstić information content (AvgIpc) is 3.09. The van der Waals surface area contributed by atoms with Gasteiger partial charge in [-0.25, -0.2) is 8.42 Å². The Morgan fingerprint density at radius 1 is 1.22 bits per heavy atom. The summed E-state index contributed by atoms with van der Waals surface area (Å²) >= 11 is 0. The van der Waals surface area contributed by atoms with E-state index in [1.165, 1.54) is 0 Å². The highest BCUT2D eigenvalue weighted by Gasteiger charge is 2.47. The minimum atomic E-state index is -3.03. The second-order valence-corrected chi connectivity index (χ2v) is 7.93. The topological polar surface area (TPSA) is 51.2 Å². The van der Waals surface area contributed by atoms with E-state index in [-0.39, 0.29) is 16.4 Å². The SMILES string of the molecule is CC(C)S(=O)(=O)CC1(c2ccc(C=O)cc2)CC1. The normalized spacial score (nSPS) is 17.7. The van der Waals surface area contributed by atoms with Gasteiger partial charge in [-0.15, -0.1) is 0 Å². The highest BCUT2D eigenvalue weighted by atomic mass is 32.2. The summed E-state index contributed by atoms with van der Waals surface area (Å²) in [6, 6.07) is 7.27. The van der Waals surface area contributed by atoms with Crippen LogP contribution < -0.4 is 0 Å². The third-order valence-corrected chi connectivity index (χ3v) is 6.10. The van der Waals surface area contributed by atoms with Crippen LogP contribution in [0.4, 0.5) is 0 Å². The minimum absolute atomic E-state index is 0.204. The van der Waals surface area contributed by atoms with E-state index in [4.69, 9.17) is 0 Å². The van der Waals surface area contributed by atoms with Crippen molar-refractivity contribution in [3.8, 4) is 0 Å². The molecule has 0 spiro atoms.